The standard InChI is InChI=1S/C63H108O15/c1-3-5-7-9-11-13-15-17-19-21-23-24-25-26-28-29-31-33-35-37-39-41-43-45-54(65)73-48-51(76-55(66)46-44-42-40-38-36-34-32-30-27-22-20-18-16-14-12-10-8-6-4-2)49-74-62-61(72)59(70)57(68)53(78-62)50-75-63-60(71)58(69)56(67)52(47-64)77-63/h6,8,12,14,18,20-21,23,27,30,34,36,51-53,56-64,67-72H,3-5,7,9-11,13,15-17,19,22,24-26,28-29,31-33,35,37-50H2,1-2H3/b8-6-,14-12-,20-18-,23-21-,30-27-,36-34-. The Morgan fingerprint density at radius 2 is 0.808 bits per heavy atom. The van der Waals surface area contributed by atoms with Gasteiger partial charge in [0.1, 0.15) is 55.4 Å². The van der Waals surface area contributed by atoms with Gasteiger partial charge in [0, 0.05) is 12.8 Å². The maximum Gasteiger partial charge on any atom is 0.306 e. The van der Waals surface area contributed by atoms with Gasteiger partial charge in [-0.3, -0.25) is 9.59 Å². The molecular formula is C63H108O15. The molecule has 0 aromatic carbocycles. The Morgan fingerprint density at radius 3 is 1.29 bits per heavy atom. The lowest BCUT2D eigenvalue weighted by atomic mass is 9.98. The van der Waals surface area contributed by atoms with Crippen molar-refractivity contribution in [3.63, 3.8) is 0 Å². The minimum Gasteiger partial charge on any atom is -0.462 e. The smallest absolute Gasteiger partial charge is 0.306 e. The molecule has 0 saturated carbocycles. The van der Waals surface area contributed by atoms with Gasteiger partial charge in [-0.15, -0.1) is 0 Å². The van der Waals surface area contributed by atoms with Crippen molar-refractivity contribution in [2.45, 2.75) is 287 Å². The SMILES string of the molecule is CC/C=C\C/C=C\C/C=C\C/C=C\C/C=C\CCCCCC(=O)OC(COC(=O)CCCCCCCCCCCCC/C=C\CCCCCCCCCC)COC1OC(COC2OC(CO)C(O)C(O)C2O)C(O)C(O)C1O. The number of hydrogen-bond donors (Lipinski definition) is 7. The summed E-state index contributed by atoms with van der Waals surface area (Å²) >= 11 is 0. The predicted molar refractivity (Wildman–Crippen MR) is 307 cm³/mol. The Kier molecular flexibility index (Phi) is 44.3. The lowest BCUT2D eigenvalue weighted by Crippen LogP contribution is -2.61. The van der Waals surface area contributed by atoms with E-state index in [1.165, 1.54) is 109 Å². The van der Waals surface area contributed by atoms with E-state index in [1.54, 1.807) is 0 Å². The maximum atomic E-state index is 13.1. The van der Waals surface area contributed by atoms with E-state index in [-0.39, 0.29) is 19.4 Å². The van der Waals surface area contributed by atoms with Crippen molar-refractivity contribution in [2.75, 3.05) is 26.4 Å². The molecule has 15 nitrogen and oxygen atoms in total. The van der Waals surface area contributed by atoms with E-state index in [9.17, 15) is 45.3 Å². The molecule has 0 spiro atoms. The van der Waals surface area contributed by atoms with Gasteiger partial charge in [0.2, 0.25) is 0 Å². The molecule has 2 heterocycles. The Bertz CT molecular complexity index is 1630. The summed E-state index contributed by atoms with van der Waals surface area (Å²) in [6.07, 6.45) is 43.5. The first-order valence-electron chi connectivity index (χ1n) is 30.5. The van der Waals surface area contributed by atoms with Crippen LogP contribution < -0.4 is 0 Å². The lowest BCUT2D eigenvalue weighted by Gasteiger charge is -2.42. The lowest BCUT2D eigenvalue weighted by molar-refractivity contribution is -0.332. The molecular weight excluding hydrogens is 997 g/mol. The van der Waals surface area contributed by atoms with E-state index in [1.807, 2.05) is 0 Å². The maximum absolute atomic E-state index is 13.1. The summed E-state index contributed by atoms with van der Waals surface area (Å²) in [6, 6.07) is 0. The number of hydrogen-bond acceptors (Lipinski definition) is 15. The fourth-order valence-corrected chi connectivity index (χ4v) is 9.24. The van der Waals surface area contributed by atoms with Crippen LogP contribution in [0.2, 0.25) is 0 Å². The van der Waals surface area contributed by atoms with Gasteiger partial charge in [-0.2, -0.15) is 0 Å². The van der Waals surface area contributed by atoms with Gasteiger partial charge in [0.15, 0.2) is 18.7 Å². The Balaban J connectivity index is 1.74. The number of rotatable bonds is 48. The van der Waals surface area contributed by atoms with Crippen molar-refractivity contribution >= 4 is 11.9 Å². The van der Waals surface area contributed by atoms with Crippen molar-refractivity contribution in [3.8, 4) is 0 Å². The van der Waals surface area contributed by atoms with E-state index < -0.39 is 99.3 Å². The molecule has 7 N–H and O–H groups in total. The largest absolute Gasteiger partial charge is 0.462 e. The second kappa shape index (κ2) is 48.6. The van der Waals surface area contributed by atoms with Crippen LogP contribution in [0.25, 0.3) is 0 Å². The van der Waals surface area contributed by atoms with Crippen molar-refractivity contribution in [2.24, 2.45) is 0 Å². The van der Waals surface area contributed by atoms with Crippen LogP contribution in [0.4, 0.5) is 0 Å². The highest BCUT2D eigenvalue weighted by Gasteiger charge is 2.47. The third-order valence-corrected chi connectivity index (χ3v) is 14.2. The summed E-state index contributed by atoms with van der Waals surface area (Å²) < 4.78 is 33.7. The zero-order chi connectivity index (χ0) is 56.7. The highest BCUT2D eigenvalue weighted by atomic mass is 16.7. The highest BCUT2D eigenvalue weighted by molar-refractivity contribution is 5.70. The van der Waals surface area contributed by atoms with E-state index in [0.717, 1.165) is 70.6 Å². The molecule has 11 atom stereocenters. The first kappa shape index (κ1) is 71.0. The van der Waals surface area contributed by atoms with Crippen LogP contribution in [-0.4, -0.2) is 142 Å². The molecule has 11 unspecified atom stereocenters. The van der Waals surface area contributed by atoms with Crippen molar-refractivity contribution < 1.29 is 73.8 Å². The Morgan fingerprint density at radius 1 is 0.423 bits per heavy atom. The molecule has 2 aliphatic rings. The van der Waals surface area contributed by atoms with Crippen LogP contribution in [0, 0.1) is 0 Å². The molecule has 15 heteroatoms. The molecule has 2 fully saturated rings. The van der Waals surface area contributed by atoms with Gasteiger partial charge in [-0.1, -0.05) is 196 Å². The van der Waals surface area contributed by atoms with Crippen molar-refractivity contribution in [1.29, 1.82) is 0 Å². The van der Waals surface area contributed by atoms with Gasteiger partial charge in [-0.05, 0) is 83.5 Å². The number of ether oxygens (including phenoxy) is 6. The fraction of sp³-hybridized carbons (Fsp3) is 0.778. The number of esters is 2. The third kappa shape index (κ3) is 34.9. The molecule has 0 aliphatic carbocycles. The van der Waals surface area contributed by atoms with E-state index in [4.69, 9.17) is 28.4 Å². The second-order valence-electron chi connectivity index (χ2n) is 21.1. The van der Waals surface area contributed by atoms with Crippen LogP contribution >= 0.6 is 0 Å². The number of allylic oxidation sites excluding steroid dienone is 12. The van der Waals surface area contributed by atoms with E-state index in [0.29, 0.717) is 12.8 Å². The predicted octanol–water partition coefficient (Wildman–Crippen LogP) is 10.9. The van der Waals surface area contributed by atoms with Crippen LogP contribution in [0.3, 0.4) is 0 Å². The molecule has 450 valence electrons. The van der Waals surface area contributed by atoms with Gasteiger partial charge < -0.3 is 64.2 Å². The zero-order valence-electron chi connectivity index (χ0n) is 48.1. The van der Waals surface area contributed by atoms with Gasteiger partial charge in [0.05, 0.1) is 19.8 Å². The van der Waals surface area contributed by atoms with Crippen LogP contribution in [0.5, 0.6) is 0 Å². The topological polar surface area (TPSA) is 231 Å². The Hall–Kier alpha value is -3.06. The minimum absolute atomic E-state index is 0.123. The summed E-state index contributed by atoms with van der Waals surface area (Å²) in [5.41, 5.74) is 0. The molecule has 2 saturated heterocycles. The molecule has 0 aromatic heterocycles. The molecule has 78 heavy (non-hydrogen) atoms. The first-order chi connectivity index (χ1) is 38.0. The summed E-state index contributed by atoms with van der Waals surface area (Å²) in [5.74, 6) is -0.962. The van der Waals surface area contributed by atoms with Gasteiger partial charge in [-0.25, -0.2) is 0 Å². The summed E-state index contributed by atoms with van der Waals surface area (Å²) in [7, 11) is 0. The highest BCUT2D eigenvalue weighted by Crippen LogP contribution is 2.27. The molecule has 2 rings (SSSR count). The molecule has 0 amide bonds. The first-order valence-corrected chi connectivity index (χ1v) is 30.5. The number of carbonyl (C=O) groups excluding carboxylic acids is 2. The molecule has 2 aliphatic heterocycles. The number of carbonyl (C=O) groups is 2. The van der Waals surface area contributed by atoms with E-state index in [2.05, 4.69) is 86.8 Å². The third-order valence-electron chi connectivity index (χ3n) is 14.2. The quantitative estimate of drug-likeness (QED) is 0.0171. The summed E-state index contributed by atoms with van der Waals surface area (Å²) in [6.45, 7) is 2.46. The van der Waals surface area contributed by atoms with E-state index >= 15 is 0 Å². The molecule has 0 bridgehead atoms. The molecule has 0 radical (unpaired) electrons. The minimum atomic E-state index is -1.78. The fourth-order valence-electron chi connectivity index (χ4n) is 9.24. The average molecular weight is 1110 g/mol. The van der Waals surface area contributed by atoms with Crippen molar-refractivity contribution in [3.05, 3.63) is 72.9 Å². The molecule has 0 aromatic rings. The second-order valence-corrected chi connectivity index (χ2v) is 21.1. The number of aliphatic hydroxyl groups is 7. The average Bonchev–Trinajstić information content (AvgIpc) is 3.43. The number of unbranched alkanes of at least 4 members (excludes halogenated alkanes) is 22. The Labute approximate surface area is 470 Å². The van der Waals surface area contributed by atoms with Gasteiger partial charge >= 0.3 is 11.9 Å². The zero-order valence-corrected chi connectivity index (χ0v) is 48.1. The summed E-state index contributed by atoms with van der Waals surface area (Å²) in [4.78, 5) is 25.9. The number of aliphatic hydroxyl groups excluding tert-OH is 7. The van der Waals surface area contributed by atoms with Crippen LogP contribution in [0.1, 0.15) is 219 Å². The van der Waals surface area contributed by atoms with Crippen molar-refractivity contribution in [1.82, 2.24) is 0 Å². The normalized spacial score (nSPS) is 24.5. The van der Waals surface area contributed by atoms with Crippen LogP contribution in [-0.2, 0) is 38.0 Å². The monoisotopic (exact) mass is 1100 g/mol. The van der Waals surface area contributed by atoms with Gasteiger partial charge in [0.25, 0.3) is 0 Å². The summed E-state index contributed by atoms with van der Waals surface area (Å²) in [5, 5.41) is 72.4. The van der Waals surface area contributed by atoms with Crippen LogP contribution in [0.15, 0.2) is 72.9 Å².